The fourth-order valence-corrected chi connectivity index (χ4v) is 3.82. The van der Waals surface area contributed by atoms with Gasteiger partial charge in [0, 0.05) is 57.1 Å². The van der Waals surface area contributed by atoms with Crippen LogP contribution in [0, 0.1) is 5.92 Å². The third-order valence-electron chi connectivity index (χ3n) is 5.04. The average molecular weight is 314 g/mol. The molecular formula is C17H26N6. The number of aromatic nitrogens is 3. The highest BCUT2D eigenvalue weighted by atomic mass is 15.3. The van der Waals surface area contributed by atoms with Crippen molar-refractivity contribution in [3.05, 3.63) is 24.2 Å². The van der Waals surface area contributed by atoms with Gasteiger partial charge in [-0.15, -0.1) is 0 Å². The maximum absolute atomic E-state index is 4.78. The van der Waals surface area contributed by atoms with E-state index >= 15 is 0 Å². The Bertz CT molecular complexity index is 660. The molecule has 2 aromatic rings. The van der Waals surface area contributed by atoms with Crippen LogP contribution in [0.15, 0.2) is 18.3 Å². The summed E-state index contributed by atoms with van der Waals surface area (Å²) >= 11 is 0. The lowest BCUT2D eigenvalue weighted by Crippen LogP contribution is -2.43. The quantitative estimate of drug-likeness (QED) is 0.917. The minimum Gasteiger partial charge on any atom is -0.369 e. The van der Waals surface area contributed by atoms with Gasteiger partial charge < -0.3 is 15.1 Å². The molecular weight excluding hydrogens is 288 g/mol. The Kier molecular flexibility index (Phi) is 4.18. The van der Waals surface area contributed by atoms with E-state index in [9.17, 15) is 0 Å². The molecule has 0 spiro atoms. The van der Waals surface area contributed by atoms with E-state index in [1.165, 1.54) is 31.6 Å². The minimum absolute atomic E-state index is 0.693. The van der Waals surface area contributed by atoms with Crippen LogP contribution >= 0.6 is 0 Å². The van der Waals surface area contributed by atoms with Crippen molar-refractivity contribution in [1.29, 1.82) is 0 Å². The largest absolute Gasteiger partial charge is 0.369 e. The number of hydrogen-bond acceptors (Lipinski definition) is 5. The monoisotopic (exact) mass is 314 g/mol. The van der Waals surface area contributed by atoms with Crippen molar-refractivity contribution in [3.63, 3.8) is 0 Å². The summed E-state index contributed by atoms with van der Waals surface area (Å²) in [5, 5.41) is 8.07. The van der Waals surface area contributed by atoms with Crippen molar-refractivity contribution in [2.75, 3.05) is 51.2 Å². The second-order valence-corrected chi connectivity index (χ2v) is 6.93. The predicted molar refractivity (Wildman–Crippen MR) is 92.0 cm³/mol. The van der Waals surface area contributed by atoms with E-state index in [-0.39, 0.29) is 0 Å². The van der Waals surface area contributed by atoms with Gasteiger partial charge in [0.05, 0.1) is 0 Å². The summed E-state index contributed by atoms with van der Waals surface area (Å²) in [7, 11) is 2.21. The molecule has 0 radical (unpaired) electrons. The van der Waals surface area contributed by atoms with Gasteiger partial charge in [0.25, 0.3) is 0 Å². The van der Waals surface area contributed by atoms with Crippen LogP contribution in [-0.2, 0) is 6.42 Å². The zero-order valence-electron chi connectivity index (χ0n) is 13.9. The Balaban J connectivity index is 1.51. The number of piperidine rings is 1. The van der Waals surface area contributed by atoms with Gasteiger partial charge in [-0.3, -0.25) is 0 Å². The number of fused-ring (bicyclic) bond motifs is 1. The molecule has 1 atom stereocenters. The van der Waals surface area contributed by atoms with Gasteiger partial charge >= 0.3 is 0 Å². The number of piperazine rings is 1. The van der Waals surface area contributed by atoms with Crippen LogP contribution < -0.4 is 10.2 Å². The summed E-state index contributed by atoms with van der Waals surface area (Å²) in [6.07, 6.45) is 5.64. The summed E-state index contributed by atoms with van der Waals surface area (Å²) in [4.78, 5) is 9.62. The molecule has 2 fully saturated rings. The number of hydrogen-bond donors (Lipinski definition) is 1. The summed E-state index contributed by atoms with van der Waals surface area (Å²) in [6, 6.07) is 4.33. The first-order valence-corrected chi connectivity index (χ1v) is 8.77. The van der Waals surface area contributed by atoms with Crippen molar-refractivity contribution in [1.82, 2.24) is 24.8 Å². The number of pyridine rings is 1. The van der Waals surface area contributed by atoms with Crippen molar-refractivity contribution in [2.24, 2.45) is 5.92 Å². The van der Waals surface area contributed by atoms with E-state index < -0.39 is 0 Å². The molecule has 0 aliphatic carbocycles. The van der Waals surface area contributed by atoms with E-state index in [0.717, 1.165) is 44.1 Å². The first-order valence-electron chi connectivity index (χ1n) is 8.77. The zero-order chi connectivity index (χ0) is 15.6. The van der Waals surface area contributed by atoms with Gasteiger partial charge in [0.1, 0.15) is 0 Å². The van der Waals surface area contributed by atoms with Crippen LogP contribution in [0.3, 0.4) is 0 Å². The van der Waals surface area contributed by atoms with Gasteiger partial charge in [-0.05, 0) is 38.4 Å². The maximum atomic E-state index is 4.78. The second kappa shape index (κ2) is 6.45. The number of anilines is 1. The van der Waals surface area contributed by atoms with Gasteiger partial charge in [-0.1, -0.05) is 0 Å². The lowest BCUT2D eigenvalue weighted by Gasteiger charge is -2.29. The zero-order valence-corrected chi connectivity index (χ0v) is 13.9. The Morgan fingerprint density at radius 1 is 1.26 bits per heavy atom. The van der Waals surface area contributed by atoms with Gasteiger partial charge in [0.15, 0.2) is 11.5 Å². The molecule has 0 bridgehead atoms. The molecule has 0 aromatic carbocycles. The number of nitrogens with zero attached hydrogens (tertiary/aromatic N) is 5. The van der Waals surface area contributed by atoms with E-state index in [1.54, 1.807) is 0 Å². The highest BCUT2D eigenvalue weighted by Gasteiger charge is 2.19. The Hall–Kier alpha value is -1.66. The number of nitrogens with one attached hydrogen (secondary N) is 1. The molecule has 4 heterocycles. The lowest BCUT2D eigenvalue weighted by molar-refractivity contribution is 0.207. The van der Waals surface area contributed by atoms with Crippen molar-refractivity contribution >= 4 is 11.3 Å². The Morgan fingerprint density at radius 3 is 2.96 bits per heavy atom. The van der Waals surface area contributed by atoms with Crippen LogP contribution in [0.1, 0.15) is 18.7 Å². The smallest absolute Gasteiger partial charge is 0.157 e. The SMILES string of the molecule is CN1CCCC(Cc2nc3cc(N4CCNCC4)ccn3n2)C1. The average Bonchev–Trinajstić information content (AvgIpc) is 2.97. The molecule has 2 saturated heterocycles. The third-order valence-corrected chi connectivity index (χ3v) is 5.04. The molecule has 4 rings (SSSR count). The molecule has 23 heavy (non-hydrogen) atoms. The van der Waals surface area contributed by atoms with E-state index in [1.807, 2.05) is 4.52 Å². The first-order chi connectivity index (χ1) is 11.3. The highest BCUT2D eigenvalue weighted by molar-refractivity contribution is 5.56. The first kappa shape index (κ1) is 14.9. The molecule has 0 amide bonds. The topological polar surface area (TPSA) is 48.7 Å². The van der Waals surface area contributed by atoms with Crippen LogP contribution in [-0.4, -0.2) is 65.8 Å². The van der Waals surface area contributed by atoms with Gasteiger partial charge in [-0.2, -0.15) is 5.10 Å². The molecule has 2 aliphatic heterocycles. The maximum Gasteiger partial charge on any atom is 0.157 e. The normalized spacial score (nSPS) is 23.5. The lowest BCUT2D eigenvalue weighted by atomic mass is 9.95. The summed E-state index contributed by atoms with van der Waals surface area (Å²) in [5.74, 6) is 1.68. The molecule has 2 aromatic heterocycles. The second-order valence-electron chi connectivity index (χ2n) is 6.93. The summed E-state index contributed by atoms with van der Waals surface area (Å²) < 4.78 is 1.92. The van der Waals surface area contributed by atoms with Crippen LogP contribution in [0.5, 0.6) is 0 Å². The molecule has 1 N–H and O–H groups in total. The summed E-state index contributed by atoms with van der Waals surface area (Å²) in [5.41, 5.74) is 2.23. The number of likely N-dealkylation sites (tertiary alicyclic amines) is 1. The third kappa shape index (κ3) is 3.33. The van der Waals surface area contributed by atoms with Gasteiger partial charge in [0.2, 0.25) is 0 Å². The van der Waals surface area contributed by atoms with Crippen LogP contribution in [0.25, 0.3) is 5.65 Å². The molecule has 0 saturated carbocycles. The summed E-state index contributed by atoms with van der Waals surface area (Å²) in [6.45, 7) is 6.62. The van der Waals surface area contributed by atoms with E-state index in [2.05, 4.69) is 45.6 Å². The van der Waals surface area contributed by atoms with Crippen molar-refractivity contribution < 1.29 is 0 Å². The standard InChI is InChI=1S/C17H26N6/c1-21-7-2-3-14(13-21)11-16-19-17-12-15(4-8-23(17)20-16)22-9-5-18-6-10-22/h4,8,12,14,18H,2-3,5-7,9-11,13H2,1H3. The molecule has 2 aliphatic rings. The fourth-order valence-electron chi connectivity index (χ4n) is 3.82. The highest BCUT2D eigenvalue weighted by Crippen LogP contribution is 2.20. The van der Waals surface area contributed by atoms with E-state index in [4.69, 9.17) is 4.98 Å². The Labute approximate surface area is 137 Å². The fraction of sp³-hybridized carbons (Fsp3) is 0.647. The number of rotatable bonds is 3. The van der Waals surface area contributed by atoms with Crippen molar-refractivity contribution in [2.45, 2.75) is 19.3 Å². The van der Waals surface area contributed by atoms with E-state index in [0.29, 0.717) is 5.92 Å². The van der Waals surface area contributed by atoms with Gasteiger partial charge in [-0.25, -0.2) is 9.50 Å². The molecule has 1 unspecified atom stereocenters. The molecule has 6 heteroatoms. The molecule has 124 valence electrons. The van der Waals surface area contributed by atoms with Crippen LogP contribution in [0.2, 0.25) is 0 Å². The van der Waals surface area contributed by atoms with Crippen molar-refractivity contribution in [3.8, 4) is 0 Å². The Morgan fingerprint density at radius 2 is 2.13 bits per heavy atom. The molecule has 6 nitrogen and oxygen atoms in total. The minimum atomic E-state index is 0.693. The van der Waals surface area contributed by atoms with Crippen LogP contribution in [0.4, 0.5) is 5.69 Å². The predicted octanol–water partition coefficient (Wildman–Crippen LogP) is 1.02.